The Morgan fingerprint density at radius 2 is 1.29 bits per heavy atom. The molecule has 0 bridgehead atoms. The highest BCUT2D eigenvalue weighted by Crippen LogP contribution is 2.62. The Morgan fingerprint density at radius 1 is 0.839 bits per heavy atom. The van der Waals surface area contributed by atoms with Gasteiger partial charge in [-0.3, -0.25) is 9.59 Å². The van der Waals surface area contributed by atoms with E-state index in [0.717, 1.165) is 24.0 Å². The number of hydrogen-bond acceptors (Lipinski definition) is 5. The van der Waals surface area contributed by atoms with E-state index in [2.05, 4.69) is 0 Å². The molecule has 6 heteroatoms. The average molecular weight is 442 g/mol. The van der Waals surface area contributed by atoms with Gasteiger partial charge in [-0.25, -0.2) is 0 Å². The molecule has 0 radical (unpaired) electrons. The third-order valence-corrected chi connectivity index (χ3v) is 9.50. The number of carbonyl (C=O) groups is 2. The van der Waals surface area contributed by atoms with Gasteiger partial charge in [-0.2, -0.15) is 0 Å². The van der Waals surface area contributed by atoms with E-state index in [9.17, 15) is 14.2 Å². The SMILES string of the molecule is CCc1cccc(CC)c1C(=O)P(=O)(C(=O)c1c(OC)cccc1OC)C1CCCC1. The molecular weight excluding hydrogens is 411 g/mol. The van der Waals surface area contributed by atoms with E-state index >= 15 is 0 Å². The highest BCUT2D eigenvalue weighted by atomic mass is 31.2. The number of carbonyl (C=O) groups excluding carboxylic acids is 2. The van der Waals surface area contributed by atoms with Crippen molar-refractivity contribution in [3.63, 3.8) is 0 Å². The minimum Gasteiger partial charge on any atom is -0.496 e. The molecule has 0 spiro atoms. The Hall–Kier alpha value is -2.39. The van der Waals surface area contributed by atoms with E-state index < -0.39 is 23.8 Å². The maximum absolute atomic E-state index is 14.7. The van der Waals surface area contributed by atoms with Gasteiger partial charge in [-0.1, -0.05) is 51.0 Å². The Morgan fingerprint density at radius 3 is 1.74 bits per heavy atom. The monoisotopic (exact) mass is 442 g/mol. The quantitative estimate of drug-likeness (QED) is 0.438. The number of aryl methyl sites for hydroxylation is 2. The average Bonchev–Trinajstić information content (AvgIpc) is 3.36. The molecule has 2 aromatic carbocycles. The number of ether oxygens (including phenoxy) is 2. The van der Waals surface area contributed by atoms with Crippen molar-refractivity contribution in [2.75, 3.05) is 14.2 Å². The number of benzene rings is 2. The van der Waals surface area contributed by atoms with Crippen molar-refractivity contribution in [2.45, 2.75) is 58.0 Å². The van der Waals surface area contributed by atoms with Crippen molar-refractivity contribution in [2.24, 2.45) is 0 Å². The maximum atomic E-state index is 14.7. The fourth-order valence-corrected chi connectivity index (χ4v) is 7.72. The van der Waals surface area contributed by atoms with Crippen LogP contribution in [-0.2, 0) is 17.4 Å². The molecule has 0 aromatic heterocycles. The van der Waals surface area contributed by atoms with Crippen LogP contribution < -0.4 is 9.47 Å². The molecule has 0 N–H and O–H groups in total. The zero-order valence-electron chi connectivity index (χ0n) is 18.8. The summed E-state index contributed by atoms with van der Waals surface area (Å²) in [6, 6.07) is 10.7. The van der Waals surface area contributed by atoms with Crippen molar-refractivity contribution in [1.82, 2.24) is 0 Å². The van der Waals surface area contributed by atoms with Crippen molar-refractivity contribution in [3.05, 3.63) is 58.7 Å². The summed E-state index contributed by atoms with van der Waals surface area (Å²) in [6.07, 6.45) is 4.23. The molecule has 0 amide bonds. The van der Waals surface area contributed by atoms with Gasteiger partial charge in [0.1, 0.15) is 17.1 Å². The van der Waals surface area contributed by atoms with Crippen molar-refractivity contribution in [3.8, 4) is 11.5 Å². The Balaban J connectivity index is 2.25. The normalized spacial score (nSPS) is 16.0. The van der Waals surface area contributed by atoms with Crippen LogP contribution in [0.1, 0.15) is 71.4 Å². The lowest BCUT2D eigenvalue weighted by atomic mass is 9.98. The second-order valence-electron chi connectivity index (χ2n) is 7.90. The zero-order chi connectivity index (χ0) is 22.6. The van der Waals surface area contributed by atoms with Crippen molar-refractivity contribution >= 4 is 18.2 Å². The second kappa shape index (κ2) is 9.82. The third kappa shape index (κ3) is 4.08. The van der Waals surface area contributed by atoms with Crippen LogP contribution >= 0.6 is 7.14 Å². The van der Waals surface area contributed by atoms with Crippen LogP contribution in [0.25, 0.3) is 0 Å². The lowest BCUT2D eigenvalue weighted by molar-refractivity contribution is 0.103. The number of rotatable bonds is 9. The van der Waals surface area contributed by atoms with Crippen molar-refractivity contribution < 1.29 is 23.6 Å². The molecule has 1 aliphatic carbocycles. The van der Waals surface area contributed by atoms with Gasteiger partial charge in [0.15, 0.2) is 0 Å². The molecule has 1 aliphatic rings. The van der Waals surface area contributed by atoms with E-state index in [1.54, 1.807) is 18.2 Å². The van der Waals surface area contributed by atoms with Gasteiger partial charge < -0.3 is 14.0 Å². The molecule has 0 heterocycles. The van der Waals surface area contributed by atoms with Crippen LogP contribution in [0.15, 0.2) is 36.4 Å². The smallest absolute Gasteiger partial charge is 0.236 e. The van der Waals surface area contributed by atoms with E-state index in [1.807, 2.05) is 32.0 Å². The predicted molar refractivity (Wildman–Crippen MR) is 123 cm³/mol. The minimum atomic E-state index is -3.99. The topological polar surface area (TPSA) is 69.7 Å². The standard InChI is InChI=1S/C25H31O5P/c1-5-17-11-9-12-18(6-2)22(17)24(26)31(28,19-13-7-8-14-19)25(27)23-20(29-3)15-10-16-21(23)30-4/h9-12,15-16,19H,5-8,13-14H2,1-4H3. The molecule has 2 aromatic rings. The summed E-state index contributed by atoms with van der Waals surface area (Å²) >= 11 is 0. The summed E-state index contributed by atoms with van der Waals surface area (Å²) in [7, 11) is -1.08. The molecule has 1 fully saturated rings. The molecule has 0 saturated heterocycles. The molecule has 0 aliphatic heterocycles. The molecule has 1 atom stereocenters. The summed E-state index contributed by atoms with van der Waals surface area (Å²) in [5.74, 6) is 0.546. The molecular formula is C25H31O5P. The van der Waals surface area contributed by atoms with Crippen LogP contribution in [0, 0.1) is 0 Å². The summed E-state index contributed by atoms with van der Waals surface area (Å²) in [5.41, 5.74) is 0.632. The highest BCUT2D eigenvalue weighted by molar-refractivity contribution is 7.96. The lowest BCUT2D eigenvalue weighted by Gasteiger charge is -2.25. The number of hydrogen-bond donors (Lipinski definition) is 0. The van der Waals surface area contributed by atoms with Crippen LogP contribution in [0.4, 0.5) is 0 Å². The van der Waals surface area contributed by atoms with Crippen LogP contribution in [0.2, 0.25) is 0 Å². The van der Waals surface area contributed by atoms with Crippen LogP contribution in [0.3, 0.4) is 0 Å². The summed E-state index contributed by atoms with van der Waals surface area (Å²) in [4.78, 5) is 28.0. The lowest BCUT2D eigenvalue weighted by Crippen LogP contribution is -2.22. The fraction of sp³-hybridized carbons (Fsp3) is 0.440. The van der Waals surface area contributed by atoms with Gasteiger partial charge >= 0.3 is 0 Å². The first-order chi connectivity index (χ1) is 14.9. The number of methoxy groups -OCH3 is 2. The molecule has 3 rings (SSSR count). The van der Waals surface area contributed by atoms with Crippen LogP contribution in [-0.4, -0.2) is 30.9 Å². The Bertz CT molecular complexity index is 905. The summed E-state index contributed by atoms with van der Waals surface area (Å²) in [5, 5.41) is 0. The van der Waals surface area contributed by atoms with Gasteiger partial charge in [0.25, 0.3) is 0 Å². The molecule has 31 heavy (non-hydrogen) atoms. The van der Waals surface area contributed by atoms with Gasteiger partial charge in [0.2, 0.25) is 18.2 Å². The van der Waals surface area contributed by atoms with E-state index in [-0.39, 0.29) is 17.1 Å². The van der Waals surface area contributed by atoms with Gasteiger partial charge in [0, 0.05) is 11.2 Å². The second-order valence-corrected chi connectivity index (χ2v) is 10.8. The van der Waals surface area contributed by atoms with Crippen LogP contribution in [0.5, 0.6) is 11.5 Å². The van der Waals surface area contributed by atoms with Gasteiger partial charge in [0.05, 0.1) is 14.2 Å². The summed E-state index contributed by atoms with van der Waals surface area (Å²) < 4.78 is 25.5. The highest BCUT2D eigenvalue weighted by Gasteiger charge is 2.50. The van der Waals surface area contributed by atoms with Gasteiger partial charge in [-0.15, -0.1) is 0 Å². The minimum absolute atomic E-state index is 0.100. The maximum Gasteiger partial charge on any atom is 0.236 e. The fourth-order valence-electron chi connectivity index (χ4n) is 4.60. The van der Waals surface area contributed by atoms with Crippen molar-refractivity contribution in [1.29, 1.82) is 0 Å². The third-order valence-electron chi connectivity index (χ3n) is 6.30. The van der Waals surface area contributed by atoms with E-state index in [4.69, 9.17) is 9.47 Å². The molecule has 1 saturated carbocycles. The van der Waals surface area contributed by atoms with E-state index in [0.29, 0.717) is 31.2 Å². The first-order valence-corrected chi connectivity index (χ1v) is 12.7. The molecule has 5 nitrogen and oxygen atoms in total. The van der Waals surface area contributed by atoms with E-state index in [1.165, 1.54) is 14.2 Å². The molecule has 166 valence electrons. The zero-order valence-corrected chi connectivity index (χ0v) is 19.7. The Labute approximate surface area is 184 Å². The van der Waals surface area contributed by atoms with Gasteiger partial charge in [-0.05, 0) is 48.9 Å². The predicted octanol–water partition coefficient (Wildman–Crippen LogP) is 6.11. The largest absolute Gasteiger partial charge is 0.496 e. The summed E-state index contributed by atoms with van der Waals surface area (Å²) in [6.45, 7) is 3.94. The Kier molecular flexibility index (Phi) is 7.38. The first kappa shape index (κ1) is 23.3. The molecule has 1 unspecified atom stereocenters. The first-order valence-electron chi connectivity index (χ1n) is 10.9.